The Hall–Kier alpha value is -2.69. The first-order valence-corrected chi connectivity index (χ1v) is 14.4. The number of rotatable bonds is 11. The molecule has 0 aliphatic rings. The summed E-state index contributed by atoms with van der Waals surface area (Å²) < 4.78 is 12.3. The largest absolute Gasteiger partial charge is 0.497 e. The van der Waals surface area contributed by atoms with Crippen LogP contribution < -0.4 is 15.1 Å². The van der Waals surface area contributed by atoms with Crippen molar-refractivity contribution in [1.29, 1.82) is 0 Å². The Morgan fingerprint density at radius 1 is 0.771 bits per heavy atom. The van der Waals surface area contributed by atoms with Crippen molar-refractivity contribution in [3.63, 3.8) is 0 Å². The summed E-state index contributed by atoms with van der Waals surface area (Å²) in [5.74, 6) is 1.11. The predicted molar refractivity (Wildman–Crippen MR) is 148 cm³/mol. The van der Waals surface area contributed by atoms with E-state index in [1.165, 1.54) is 10.4 Å². The maximum atomic E-state index is 12.9. The molecule has 0 aliphatic carbocycles. The van der Waals surface area contributed by atoms with Crippen LogP contribution in [0.15, 0.2) is 84.9 Å². The number of methoxy groups -OCH3 is 1. The molecule has 186 valence electrons. The van der Waals surface area contributed by atoms with Crippen molar-refractivity contribution in [3.05, 3.63) is 90.5 Å². The smallest absolute Gasteiger partial charge is 0.261 e. The second-order valence-corrected chi connectivity index (χ2v) is 15.5. The number of hydrogen-bond donors (Lipinski definition) is 0. The summed E-state index contributed by atoms with van der Waals surface area (Å²) in [7, 11) is -0.951. The second kappa shape index (κ2) is 11.4. The summed E-state index contributed by atoms with van der Waals surface area (Å²) in [6.45, 7) is 11.7. The van der Waals surface area contributed by atoms with Crippen LogP contribution in [0.4, 0.5) is 0 Å². The van der Waals surface area contributed by atoms with Crippen molar-refractivity contribution >= 4 is 24.5 Å². The van der Waals surface area contributed by atoms with Crippen LogP contribution in [0.2, 0.25) is 5.04 Å². The van der Waals surface area contributed by atoms with E-state index in [0.717, 1.165) is 17.7 Å². The molecule has 0 aliphatic heterocycles. The fraction of sp³-hybridized carbons (Fsp3) is 0.387. The van der Waals surface area contributed by atoms with Crippen molar-refractivity contribution in [2.24, 2.45) is 5.41 Å². The Morgan fingerprint density at radius 3 is 1.74 bits per heavy atom. The van der Waals surface area contributed by atoms with Gasteiger partial charge in [0.25, 0.3) is 8.32 Å². The number of benzene rings is 3. The number of ether oxygens (including phenoxy) is 1. The third kappa shape index (κ3) is 6.71. The third-order valence-corrected chi connectivity index (χ3v) is 11.6. The molecule has 4 heteroatoms. The van der Waals surface area contributed by atoms with Crippen LogP contribution in [-0.4, -0.2) is 27.8 Å². The maximum absolute atomic E-state index is 12.9. The van der Waals surface area contributed by atoms with Gasteiger partial charge in [0.15, 0.2) is 0 Å². The first-order chi connectivity index (χ1) is 16.6. The zero-order valence-electron chi connectivity index (χ0n) is 22.1. The number of aryl methyl sites for hydroxylation is 1. The number of carbonyl (C=O) groups is 1. The average Bonchev–Trinajstić information content (AvgIpc) is 2.83. The monoisotopic (exact) mass is 488 g/mol. The normalized spacial score (nSPS) is 12.4. The molecule has 0 N–H and O–H groups in total. The summed E-state index contributed by atoms with van der Waals surface area (Å²) in [6, 6.07) is 29.3. The van der Waals surface area contributed by atoms with E-state index in [4.69, 9.17) is 9.16 Å². The molecule has 0 heterocycles. The Kier molecular flexibility index (Phi) is 8.73. The Morgan fingerprint density at radius 2 is 1.29 bits per heavy atom. The molecule has 0 spiro atoms. The molecule has 0 atom stereocenters. The molecule has 3 rings (SSSR count). The van der Waals surface area contributed by atoms with Crippen LogP contribution in [-0.2, 0) is 15.6 Å². The molecule has 3 aromatic carbocycles. The highest BCUT2D eigenvalue weighted by Gasteiger charge is 2.50. The summed E-state index contributed by atoms with van der Waals surface area (Å²) in [5.41, 5.74) is 0.893. The first kappa shape index (κ1) is 26.9. The molecule has 0 unspecified atom stereocenters. The van der Waals surface area contributed by atoms with E-state index in [1.54, 1.807) is 7.11 Å². The van der Waals surface area contributed by atoms with Crippen molar-refractivity contribution in [1.82, 2.24) is 0 Å². The van der Waals surface area contributed by atoms with E-state index in [1.807, 2.05) is 24.3 Å². The standard InChI is InChI=1S/C31H40O3Si/c1-30(2,3)35(28-13-9-7-10-14-28,29-15-11-8-12-16-29)34-24-31(4,5)23-26(32)20-17-25-18-21-27(33-6)22-19-25/h7-16,18-19,21-22H,17,20,23-24H2,1-6H3. The lowest BCUT2D eigenvalue weighted by molar-refractivity contribution is -0.121. The van der Waals surface area contributed by atoms with Crippen molar-refractivity contribution in [2.45, 2.75) is 58.9 Å². The van der Waals surface area contributed by atoms with Gasteiger partial charge in [0.1, 0.15) is 11.5 Å². The molecule has 35 heavy (non-hydrogen) atoms. The number of hydrogen-bond acceptors (Lipinski definition) is 3. The number of carbonyl (C=O) groups excluding carboxylic acids is 1. The van der Waals surface area contributed by atoms with Gasteiger partial charge in [-0.2, -0.15) is 0 Å². The molecule has 0 bridgehead atoms. The van der Waals surface area contributed by atoms with Gasteiger partial charge in [-0.05, 0) is 44.9 Å². The Bertz CT molecular complexity index is 1030. The van der Waals surface area contributed by atoms with Gasteiger partial charge in [-0.15, -0.1) is 0 Å². The van der Waals surface area contributed by atoms with Crippen molar-refractivity contribution in [3.8, 4) is 5.75 Å². The number of ketones is 1. The van der Waals surface area contributed by atoms with Gasteiger partial charge in [-0.25, -0.2) is 0 Å². The zero-order chi connectivity index (χ0) is 25.5. The second-order valence-electron chi connectivity index (χ2n) is 11.2. The van der Waals surface area contributed by atoms with E-state index in [-0.39, 0.29) is 16.2 Å². The molecule has 0 saturated carbocycles. The lowest BCUT2D eigenvalue weighted by atomic mass is 9.87. The predicted octanol–water partition coefficient (Wildman–Crippen LogP) is 6.19. The SMILES string of the molecule is COc1ccc(CCC(=O)CC(C)(C)CO[Si](c2ccccc2)(c2ccccc2)C(C)(C)C)cc1. The minimum Gasteiger partial charge on any atom is -0.497 e. The highest BCUT2D eigenvalue weighted by molar-refractivity contribution is 6.99. The Labute approximate surface area is 212 Å². The van der Waals surface area contributed by atoms with Gasteiger partial charge in [0.2, 0.25) is 0 Å². The van der Waals surface area contributed by atoms with Crippen LogP contribution in [0, 0.1) is 5.41 Å². The molecule has 0 saturated heterocycles. The molecule has 0 fully saturated rings. The van der Waals surface area contributed by atoms with Gasteiger partial charge in [-0.3, -0.25) is 4.79 Å². The van der Waals surface area contributed by atoms with Gasteiger partial charge in [0, 0.05) is 19.4 Å². The summed E-state index contributed by atoms with van der Waals surface area (Å²) in [6.07, 6.45) is 1.78. The summed E-state index contributed by atoms with van der Waals surface area (Å²) in [4.78, 5) is 12.9. The highest BCUT2D eigenvalue weighted by atomic mass is 28.4. The van der Waals surface area contributed by atoms with Crippen molar-refractivity contribution in [2.75, 3.05) is 13.7 Å². The van der Waals surface area contributed by atoms with Crippen LogP contribution in [0.5, 0.6) is 5.75 Å². The molecule has 3 nitrogen and oxygen atoms in total. The van der Waals surface area contributed by atoms with Gasteiger partial charge >= 0.3 is 0 Å². The minimum absolute atomic E-state index is 0.0792. The van der Waals surface area contributed by atoms with Crippen LogP contribution in [0.3, 0.4) is 0 Å². The fourth-order valence-corrected chi connectivity index (χ4v) is 9.58. The third-order valence-electron chi connectivity index (χ3n) is 6.62. The van der Waals surface area contributed by atoms with Crippen LogP contribution >= 0.6 is 0 Å². The van der Waals surface area contributed by atoms with E-state index >= 15 is 0 Å². The average molecular weight is 489 g/mol. The number of Topliss-reactive ketones (excluding diaryl/α,β-unsaturated/α-hetero) is 1. The van der Waals surface area contributed by atoms with Gasteiger partial charge in [0.05, 0.1) is 7.11 Å². The van der Waals surface area contributed by atoms with Crippen LogP contribution in [0.25, 0.3) is 0 Å². The van der Waals surface area contributed by atoms with Gasteiger partial charge in [-0.1, -0.05) is 107 Å². The quantitative estimate of drug-likeness (QED) is 0.302. The van der Waals surface area contributed by atoms with Gasteiger partial charge < -0.3 is 9.16 Å². The summed E-state index contributed by atoms with van der Waals surface area (Å²) in [5, 5.41) is 2.45. The summed E-state index contributed by atoms with van der Waals surface area (Å²) >= 11 is 0. The fourth-order valence-electron chi connectivity index (χ4n) is 4.81. The molecule has 0 aromatic heterocycles. The van der Waals surface area contributed by atoms with E-state index in [2.05, 4.69) is 95.3 Å². The van der Waals surface area contributed by atoms with Crippen molar-refractivity contribution < 1.29 is 14.0 Å². The molecule has 0 radical (unpaired) electrons. The highest BCUT2D eigenvalue weighted by Crippen LogP contribution is 2.38. The minimum atomic E-state index is -2.61. The van der Waals surface area contributed by atoms with E-state index in [9.17, 15) is 4.79 Å². The molecule has 0 amide bonds. The lowest BCUT2D eigenvalue weighted by Crippen LogP contribution is -2.67. The van der Waals surface area contributed by atoms with Crippen LogP contribution in [0.1, 0.15) is 53.0 Å². The van der Waals surface area contributed by atoms with E-state index in [0.29, 0.717) is 19.4 Å². The Balaban J connectivity index is 1.76. The zero-order valence-corrected chi connectivity index (χ0v) is 23.1. The molecular weight excluding hydrogens is 448 g/mol. The van der Waals surface area contributed by atoms with E-state index < -0.39 is 8.32 Å². The topological polar surface area (TPSA) is 35.5 Å². The first-order valence-electron chi connectivity index (χ1n) is 12.5. The molecular formula is C31H40O3Si. The lowest BCUT2D eigenvalue weighted by Gasteiger charge is -2.44. The molecule has 3 aromatic rings. The maximum Gasteiger partial charge on any atom is 0.261 e.